The Labute approximate surface area is 140 Å². The number of carbonyl (C=O) groups excluding carboxylic acids is 1. The Hall–Kier alpha value is -2.24. The van der Waals surface area contributed by atoms with E-state index in [1.54, 1.807) is 18.2 Å². The SMILES string of the molecule is CNC(=O)N(O)c1ccc(Cl)cc1COc1ccc(C)cc1C. The van der Waals surface area contributed by atoms with E-state index >= 15 is 0 Å². The molecule has 6 heteroatoms. The van der Waals surface area contributed by atoms with E-state index in [1.165, 1.54) is 7.05 Å². The first-order chi connectivity index (χ1) is 10.9. The third-order valence-corrected chi connectivity index (χ3v) is 3.62. The van der Waals surface area contributed by atoms with Crippen LogP contribution in [0.1, 0.15) is 16.7 Å². The molecule has 122 valence electrons. The number of benzene rings is 2. The van der Waals surface area contributed by atoms with Gasteiger partial charge in [-0.1, -0.05) is 29.3 Å². The van der Waals surface area contributed by atoms with Gasteiger partial charge >= 0.3 is 6.03 Å². The monoisotopic (exact) mass is 334 g/mol. The number of hydrogen-bond acceptors (Lipinski definition) is 3. The van der Waals surface area contributed by atoms with E-state index in [4.69, 9.17) is 16.3 Å². The molecule has 0 bridgehead atoms. The Morgan fingerprint density at radius 1 is 1.26 bits per heavy atom. The summed E-state index contributed by atoms with van der Waals surface area (Å²) in [5, 5.41) is 13.4. The van der Waals surface area contributed by atoms with Gasteiger partial charge in [0.15, 0.2) is 0 Å². The third-order valence-electron chi connectivity index (χ3n) is 3.39. The number of anilines is 1. The highest BCUT2D eigenvalue weighted by atomic mass is 35.5. The van der Waals surface area contributed by atoms with E-state index in [0.717, 1.165) is 16.9 Å². The van der Waals surface area contributed by atoms with Gasteiger partial charge in [0.2, 0.25) is 0 Å². The highest BCUT2D eigenvalue weighted by molar-refractivity contribution is 6.30. The normalized spacial score (nSPS) is 10.3. The molecule has 23 heavy (non-hydrogen) atoms. The van der Waals surface area contributed by atoms with Gasteiger partial charge in [-0.2, -0.15) is 5.06 Å². The number of hydroxylamine groups is 1. The number of halogens is 1. The summed E-state index contributed by atoms with van der Waals surface area (Å²) in [6.07, 6.45) is 0. The molecule has 2 amide bonds. The molecule has 0 saturated heterocycles. The van der Waals surface area contributed by atoms with Crippen molar-refractivity contribution in [2.75, 3.05) is 12.1 Å². The van der Waals surface area contributed by atoms with Crippen molar-refractivity contribution in [3.63, 3.8) is 0 Å². The summed E-state index contributed by atoms with van der Waals surface area (Å²) in [5.41, 5.74) is 3.09. The quantitative estimate of drug-likeness (QED) is 0.654. The Kier molecular flexibility index (Phi) is 5.47. The van der Waals surface area contributed by atoms with Gasteiger partial charge in [0, 0.05) is 17.6 Å². The van der Waals surface area contributed by atoms with Gasteiger partial charge in [-0.25, -0.2) is 4.79 Å². The predicted molar refractivity (Wildman–Crippen MR) is 90.4 cm³/mol. The zero-order valence-corrected chi connectivity index (χ0v) is 14.0. The number of hydrogen-bond donors (Lipinski definition) is 2. The molecule has 2 aromatic rings. The average molecular weight is 335 g/mol. The van der Waals surface area contributed by atoms with E-state index < -0.39 is 6.03 Å². The molecule has 0 saturated carbocycles. The third kappa shape index (κ3) is 4.15. The zero-order chi connectivity index (χ0) is 17.0. The molecule has 0 atom stereocenters. The lowest BCUT2D eigenvalue weighted by molar-refractivity contribution is 0.205. The zero-order valence-electron chi connectivity index (χ0n) is 13.3. The van der Waals surface area contributed by atoms with Crippen molar-refractivity contribution in [1.82, 2.24) is 5.32 Å². The van der Waals surface area contributed by atoms with Crippen LogP contribution in [0.15, 0.2) is 36.4 Å². The van der Waals surface area contributed by atoms with Gasteiger partial charge in [-0.3, -0.25) is 5.21 Å². The predicted octanol–water partition coefficient (Wildman–Crippen LogP) is 4.07. The molecule has 0 aromatic heterocycles. The van der Waals surface area contributed by atoms with Crippen LogP contribution in [0.2, 0.25) is 5.02 Å². The van der Waals surface area contributed by atoms with Gasteiger partial charge in [0.1, 0.15) is 12.4 Å². The number of rotatable bonds is 4. The van der Waals surface area contributed by atoms with Crippen molar-refractivity contribution < 1.29 is 14.7 Å². The fourth-order valence-electron chi connectivity index (χ4n) is 2.21. The van der Waals surface area contributed by atoms with Gasteiger partial charge in [0.25, 0.3) is 0 Å². The van der Waals surface area contributed by atoms with E-state index in [0.29, 0.717) is 21.3 Å². The van der Waals surface area contributed by atoms with Crippen molar-refractivity contribution in [2.24, 2.45) is 0 Å². The number of nitrogens with zero attached hydrogens (tertiary/aromatic N) is 1. The van der Waals surface area contributed by atoms with Crippen molar-refractivity contribution >= 4 is 23.3 Å². The van der Waals surface area contributed by atoms with Crippen LogP contribution in [0.4, 0.5) is 10.5 Å². The smallest absolute Gasteiger partial charge is 0.345 e. The standard InChI is InChI=1S/C17H19ClN2O3/c1-11-4-7-16(12(2)8-11)23-10-13-9-14(18)5-6-15(13)20(22)17(21)19-3/h4-9,22H,10H2,1-3H3,(H,19,21). The van der Waals surface area contributed by atoms with Gasteiger partial charge in [-0.05, 0) is 43.7 Å². The second-order valence-electron chi connectivity index (χ2n) is 5.20. The Bertz CT molecular complexity index is 719. The Balaban J connectivity index is 2.24. The molecule has 0 fully saturated rings. The van der Waals surface area contributed by atoms with Gasteiger partial charge < -0.3 is 10.1 Å². The average Bonchev–Trinajstić information content (AvgIpc) is 2.52. The Morgan fingerprint density at radius 2 is 2.00 bits per heavy atom. The lowest BCUT2D eigenvalue weighted by Crippen LogP contribution is -2.36. The van der Waals surface area contributed by atoms with Crippen molar-refractivity contribution in [3.05, 3.63) is 58.1 Å². The molecule has 5 nitrogen and oxygen atoms in total. The molecule has 0 aliphatic carbocycles. The number of urea groups is 1. The van der Waals surface area contributed by atoms with Crippen LogP contribution >= 0.6 is 11.6 Å². The van der Waals surface area contributed by atoms with Crippen LogP contribution in [-0.4, -0.2) is 18.3 Å². The molecule has 0 spiro atoms. The number of aryl methyl sites for hydroxylation is 2. The molecule has 0 aliphatic heterocycles. The summed E-state index contributed by atoms with van der Waals surface area (Å²) in [5.74, 6) is 0.742. The van der Waals surface area contributed by atoms with Crippen molar-refractivity contribution in [1.29, 1.82) is 0 Å². The minimum absolute atomic E-state index is 0.174. The van der Waals surface area contributed by atoms with Crippen LogP contribution in [0, 0.1) is 13.8 Å². The Morgan fingerprint density at radius 3 is 2.65 bits per heavy atom. The fourth-order valence-corrected chi connectivity index (χ4v) is 2.40. The van der Waals surface area contributed by atoms with Crippen LogP contribution in [0.25, 0.3) is 0 Å². The number of nitrogens with one attached hydrogen (secondary N) is 1. The first-order valence-corrected chi connectivity index (χ1v) is 7.49. The molecular weight excluding hydrogens is 316 g/mol. The molecule has 2 aromatic carbocycles. The highest BCUT2D eigenvalue weighted by Crippen LogP contribution is 2.26. The van der Waals surface area contributed by atoms with Gasteiger partial charge in [-0.15, -0.1) is 0 Å². The first kappa shape index (κ1) is 17.1. The molecular formula is C17H19ClN2O3. The van der Waals surface area contributed by atoms with Crippen molar-refractivity contribution in [3.8, 4) is 5.75 Å². The van der Waals surface area contributed by atoms with Crippen molar-refractivity contribution in [2.45, 2.75) is 20.5 Å². The maximum Gasteiger partial charge on any atom is 0.345 e. The fraction of sp³-hybridized carbons (Fsp3) is 0.235. The lowest BCUT2D eigenvalue weighted by Gasteiger charge is -2.19. The van der Waals surface area contributed by atoms with Crippen LogP contribution in [-0.2, 0) is 6.61 Å². The number of amides is 2. The second kappa shape index (κ2) is 7.35. The molecule has 0 radical (unpaired) electrons. The summed E-state index contributed by atoms with van der Waals surface area (Å²) < 4.78 is 5.81. The summed E-state index contributed by atoms with van der Waals surface area (Å²) in [4.78, 5) is 11.6. The summed E-state index contributed by atoms with van der Waals surface area (Å²) >= 11 is 6.01. The van der Waals surface area contributed by atoms with Crippen LogP contribution < -0.4 is 15.1 Å². The van der Waals surface area contributed by atoms with E-state index in [2.05, 4.69) is 5.32 Å². The van der Waals surface area contributed by atoms with Gasteiger partial charge in [0.05, 0.1) is 5.69 Å². The van der Waals surface area contributed by atoms with E-state index in [-0.39, 0.29) is 6.61 Å². The largest absolute Gasteiger partial charge is 0.489 e. The molecule has 0 heterocycles. The molecule has 0 unspecified atom stereocenters. The van der Waals surface area contributed by atoms with E-state index in [1.807, 2.05) is 32.0 Å². The molecule has 2 rings (SSSR count). The minimum Gasteiger partial charge on any atom is -0.489 e. The van der Waals surface area contributed by atoms with E-state index in [9.17, 15) is 10.0 Å². The molecule has 2 N–H and O–H groups in total. The summed E-state index contributed by atoms with van der Waals surface area (Å²) in [6.45, 7) is 4.15. The van der Waals surface area contributed by atoms with Crippen LogP contribution in [0.3, 0.4) is 0 Å². The first-order valence-electron chi connectivity index (χ1n) is 7.11. The lowest BCUT2D eigenvalue weighted by atomic mass is 10.1. The number of carbonyl (C=O) groups is 1. The van der Waals surface area contributed by atoms with Crippen LogP contribution in [0.5, 0.6) is 5.75 Å². The number of ether oxygens (including phenoxy) is 1. The second-order valence-corrected chi connectivity index (χ2v) is 5.63. The maximum absolute atomic E-state index is 11.6. The highest BCUT2D eigenvalue weighted by Gasteiger charge is 2.16. The molecule has 0 aliphatic rings. The topological polar surface area (TPSA) is 61.8 Å². The maximum atomic E-state index is 11.6. The summed E-state index contributed by atoms with van der Waals surface area (Å²) in [6, 6.07) is 10.1. The minimum atomic E-state index is -0.639. The summed E-state index contributed by atoms with van der Waals surface area (Å²) in [7, 11) is 1.44.